The summed E-state index contributed by atoms with van der Waals surface area (Å²) in [6, 6.07) is 4.38. The lowest BCUT2D eigenvalue weighted by Gasteiger charge is -2.34. The van der Waals surface area contributed by atoms with Gasteiger partial charge in [0.2, 0.25) is 5.91 Å². The highest BCUT2D eigenvalue weighted by molar-refractivity contribution is 7.10. The summed E-state index contributed by atoms with van der Waals surface area (Å²) in [6.07, 6.45) is 2.32. The van der Waals surface area contributed by atoms with E-state index in [0.29, 0.717) is 12.5 Å². The summed E-state index contributed by atoms with van der Waals surface area (Å²) in [6.45, 7) is 6.53. The molecule has 3 N–H and O–H groups in total. The van der Waals surface area contributed by atoms with Gasteiger partial charge in [-0.05, 0) is 50.6 Å². The predicted octanol–water partition coefficient (Wildman–Crippen LogP) is 2.41. The zero-order valence-electron chi connectivity index (χ0n) is 12.7. The molecule has 0 aliphatic carbocycles. The molecule has 0 spiro atoms. The number of nitrogens with zero attached hydrogens (tertiary/aromatic N) is 1. The van der Waals surface area contributed by atoms with E-state index in [1.54, 1.807) is 11.3 Å². The Labute approximate surface area is 137 Å². The van der Waals surface area contributed by atoms with E-state index in [4.69, 9.17) is 5.73 Å². The van der Waals surface area contributed by atoms with Crippen LogP contribution in [0, 0.1) is 5.92 Å². The molecule has 2 rings (SSSR count). The Balaban J connectivity index is 0.00000220. The molecule has 0 saturated carbocycles. The summed E-state index contributed by atoms with van der Waals surface area (Å²) in [5, 5.41) is 5.11. The topological polar surface area (TPSA) is 58.4 Å². The summed E-state index contributed by atoms with van der Waals surface area (Å²) >= 11 is 1.68. The molecule has 1 aromatic heterocycles. The fourth-order valence-corrected chi connectivity index (χ4v) is 3.50. The van der Waals surface area contributed by atoms with E-state index in [2.05, 4.69) is 23.2 Å². The highest BCUT2D eigenvalue weighted by atomic mass is 35.5. The van der Waals surface area contributed by atoms with Crippen molar-refractivity contribution < 1.29 is 4.79 Å². The molecule has 1 aliphatic rings. The van der Waals surface area contributed by atoms with E-state index in [0.717, 1.165) is 19.5 Å². The highest BCUT2D eigenvalue weighted by Crippen LogP contribution is 2.20. The molecule has 3 atom stereocenters. The number of nitrogens with two attached hydrogens (primary N) is 1. The summed E-state index contributed by atoms with van der Waals surface area (Å²) in [7, 11) is 0. The first-order valence-corrected chi connectivity index (χ1v) is 8.25. The van der Waals surface area contributed by atoms with Crippen molar-refractivity contribution in [2.24, 2.45) is 11.7 Å². The van der Waals surface area contributed by atoms with Crippen LogP contribution in [0.5, 0.6) is 0 Å². The largest absolute Gasteiger partial charge is 0.348 e. The fourth-order valence-electron chi connectivity index (χ4n) is 2.76. The summed E-state index contributed by atoms with van der Waals surface area (Å²) in [5.74, 6) is 0.627. The zero-order valence-corrected chi connectivity index (χ0v) is 14.4. The lowest BCUT2D eigenvalue weighted by Crippen LogP contribution is -2.46. The van der Waals surface area contributed by atoms with Crippen LogP contribution in [0.15, 0.2) is 17.5 Å². The number of halogens is 1. The van der Waals surface area contributed by atoms with Gasteiger partial charge in [0.25, 0.3) is 0 Å². The Hall–Kier alpha value is -0.620. The van der Waals surface area contributed by atoms with E-state index in [1.165, 1.54) is 11.3 Å². The van der Waals surface area contributed by atoms with Gasteiger partial charge in [-0.15, -0.1) is 23.7 Å². The molecule has 0 bridgehead atoms. The van der Waals surface area contributed by atoms with E-state index >= 15 is 0 Å². The first-order valence-electron chi connectivity index (χ1n) is 7.37. The third-order valence-electron chi connectivity index (χ3n) is 4.00. The monoisotopic (exact) mass is 331 g/mol. The van der Waals surface area contributed by atoms with Crippen molar-refractivity contribution >= 4 is 29.7 Å². The number of hydrogen-bond donors (Lipinski definition) is 2. The van der Waals surface area contributed by atoms with Crippen molar-refractivity contribution in [3.05, 3.63) is 22.4 Å². The molecule has 0 radical (unpaired) electrons. The first-order chi connectivity index (χ1) is 9.56. The minimum absolute atomic E-state index is 0. The third-order valence-corrected chi connectivity index (χ3v) is 5.06. The maximum atomic E-state index is 12.1. The second-order valence-electron chi connectivity index (χ2n) is 5.80. The van der Waals surface area contributed by atoms with Crippen LogP contribution in [0.2, 0.25) is 0 Å². The van der Waals surface area contributed by atoms with Gasteiger partial charge in [-0.3, -0.25) is 9.69 Å². The molecule has 1 saturated heterocycles. The van der Waals surface area contributed by atoms with Crippen LogP contribution in [0.1, 0.15) is 37.6 Å². The van der Waals surface area contributed by atoms with Crippen molar-refractivity contribution in [3.63, 3.8) is 0 Å². The molecule has 120 valence electrons. The van der Waals surface area contributed by atoms with Crippen LogP contribution < -0.4 is 11.1 Å². The van der Waals surface area contributed by atoms with Crippen LogP contribution in [0.3, 0.4) is 0 Å². The smallest absolute Gasteiger partial charge is 0.234 e. The van der Waals surface area contributed by atoms with Gasteiger partial charge in [0.15, 0.2) is 0 Å². The number of nitrogens with one attached hydrogen (secondary N) is 1. The summed E-state index contributed by atoms with van der Waals surface area (Å²) < 4.78 is 0. The van der Waals surface area contributed by atoms with Gasteiger partial charge in [-0.25, -0.2) is 0 Å². The van der Waals surface area contributed by atoms with Crippen LogP contribution >= 0.6 is 23.7 Å². The van der Waals surface area contributed by atoms with E-state index < -0.39 is 0 Å². The molecule has 21 heavy (non-hydrogen) atoms. The Morgan fingerprint density at radius 2 is 2.33 bits per heavy atom. The molecular weight excluding hydrogens is 306 g/mol. The van der Waals surface area contributed by atoms with Crippen molar-refractivity contribution in [2.75, 3.05) is 19.6 Å². The number of amides is 1. The third kappa shape index (κ3) is 5.58. The molecule has 1 aromatic rings. The molecule has 1 fully saturated rings. The molecule has 6 heteroatoms. The van der Waals surface area contributed by atoms with Crippen molar-refractivity contribution in [3.8, 4) is 0 Å². The number of carbonyl (C=O) groups is 1. The van der Waals surface area contributed by atoms with Crippen molar-refractivity contribution in [2.45, 2.75) is 38.8 Å². The number of likely N-dealkylation sites (tertiary alicyclic amines) is 1. The first kappa shape index (κ1) is 18.4. The lowest BCUT2D eigenvalue weighted by atomic mass is 9.92. The number of thiophene rings is 1. The Kier molecular flexibility index (Phi) is 7.66. The van der Waals surface area contributed by atoms with Crippen molar-refractivity contribution in [1.82, 2.24) is 10.2 Å². The van der Waals surface area contributed by atoms with Gasteiger partial charge in [-0.1, -0.05) is 6.07 Å². The van der Waals surface area contributed by atoms with Crippen LogP contribution in [-0.2, 0) is 4.79 Å². The van der Waals surface area contributed by atoms with Gasteiger partial charge in [0, 0.05) is 17.5 Å². The summed E-state index contributed by atoms with van der Waals surface area (Å²) in [4.78, 5) is 15.5. The van der Waals surface area contributed by atoms with E-state index in [1.807, 2.05) is 18.4 Å². The highest BCUT2D eigenvalue weighted by Gasteiger charge is 2.24. The van der Waals surface area contributed by atoms with Gasteiger partial charge in [0.05, 0.1) is 12.6 Å². The predicted molar refractivity (Wildman–Crippen MR) is 90.9 cm³/mol. The average molecular weight is 332 g/mol. The molecule has 2 heterocycles. The number of carbonyl (C=O) groups excluding carboxylic acids is 1. The Morgan fingerprint density at radius 3 is 2.95 bits per heavy atom. The Bertz CT molecular complexity index is 425. The molecule has 4 nitrogen and oxygen atoms in total. The zero-order chi connectivity index (χ0) is 14.5. The number of rotatable bonds is 5. The molecule has 3 unspecified atom stereocenters. The van der Waals surface area contributed by atoms with Crippen LogP contribution in [0.4, 0.5) is 0 Å². The van der Waals surface area contributed by atoms with Crippen LogP contribution in [-0.4, -0.2) is 36.5 Å². The maximum Gasteiger partial charge on any atom is 0.234 e. The molecule has 0 aromatic carbocycles. The lowest BCUT2D eigenvalue weighted by molar-refractivity contribution is -0.123. The minimum atomic E-state index is 0. The van der Waals surface area contributed by atoms with Gasteiger partial charge >= 0.3 is 0 Å². The van der Waals surface area contributed by atoms with Gasteiger partial charge in [0.1, 0.15) is 0 Å². The van der Waals surface area contributed by atoms with Gasteiger partial charge in [-0.2, -0.15) is 0 Å². The van der Waals surface area contributed by atoms with E-state index in [-0.39, 0.29) is 30.4 Å². The standard InChI is InChI=1S/C15H25N3OS.ClH/c1-11(16)13-5-3-7-18(9-13)10-15(19)17-12(2)14-6-4-8-20-14;/h4,6,8,11-13H,3,5,7,9-10,16H2,1-2H3,(H,17,19);1H. The number of hydrogen-bond acceptors (Lipinski definition) is 4. The number of piperidine rings is 1. The molecule has 1 aliphatic heterocycles. The quantitative estimate of drug-likeness (QED) is 0.871. The maximum absolute atomic E-state index is 12.1. The summed E-state index contributed by atoms with van der Waals surface area (Å²) in [5.41, 5.74) is 5.98. The normalized spacial score (nSPS) is 22.1. The second kappa shape index (κ2) is 8.73. The minimum Gasteiger partial charge on any atom is -0.348 e. The molecular formula is C15H26ClN3OS. The average Bonchev–Trinajstić information content (AvgIpc) is 2.92. The second-order valence-corrected chi connectivity index (χ2v) is 6.78. The Morgan fingerprint density at radius 1 is 1.57 bits per heavy atom. The van der Waals surface area contributed by atoms with Crippen molar-refractivity contribution in [1.29, 1.82) is 0 Å². The van der Waals surface area contributed by atoms with Gasteiger partial charge < -0.3 is 11.1 Å². The fraction of sp³-hybridized carbons (Fsp3) is 0.667. The molecule has 1 amide bonds. The van der Waals surface area contributed by atoms with Crippen LogP contribution in [0.25, 0.3) is 0 Å². The van der Waals surface area contributed by atoms with E-state index in [9.17, 15) is 4.79 Å². The SMILES string of the molecule is CC(NC(=O)CN1CCCC(C(C)N)C1)c1cccs1.Cl.